The van der Waals surface area contributed by atoms with Crippen LogP contribution in [0, 0.1) is 0 Å². The molecular formula is C34H43N3O5. The van der Waals surface area contributed by atoms with Crippen LogP contribution in [0.5, 0.6) is 0 Å². The number of carbonyl (C=O) groups excluding carboxylic acids is 2. The molecule has 1 fully saturated rings. The van der Waals surface area contributed by atoms with E-state index in [2.05, 4.69) is 46.8 Å². The number of nitrogens with one attached hydrogen (secondary N) is 2. The fourth-order valence-electron chi connectivity index (χ4n) is 5.14. The lowest BCUT2D eigenvalue weighted by Gasteiger charge is -2.38. The van der Waals surface area contributed by atoms with Gasteiger partial charge in [0.05, 0.1) is 18.8 Å². The molecule has 1 saturated heterocycles. The average Bonchev–Trinajstić information content (AvgIpc) is 2.99. The van der Waals surface area contributed by atoms with Crippen LogP contribution in [0.1, 0.15) is 73.7 Å². The molecule has 0 saturated carbocycles. The third-order valence-corrected chi connectivity index (χ3v) is 7.35. The van der Waals surface area contributed by atoms with E-state index in [0.29, 0.717) is 19.4 Å². The number of rotatable bonds is 14. The van der Waals surface area contributed by atoms with E-state index in [4.69, 9.17) is 9.47 Å². The number of amides is 2. The number of nitrogens with zero attached hydrogens (tertiary/aromatic N) is 1. The van der Waals surface area contributed by atoms with Crippen molar-refractivity contribution in [1.29, 1.82) is 0 Å². The number of carbonyl (C=O) groups is 2. The number of benzene rings is 3. The lowest BCUT2D eigenvalue weighted by Crippen LogP contribution is -2.37. The summed E-state index contributed by atoms with van der Waals surface area (Å²) in [5.74, 6) is -0.0568. The van der Waals surface area contributed by atoms with Gasteiger partial charge >= 0.3 is 0 Å². The molecule has 3 aromatic rings. The van der Waals surface area contributed by atoms with Gasteiger partial charge in [-0.1, -0.05) is 73.2 Å². The summed E-state index contributed by atoms with van der Waals surface area (Å²) in [5, 5.41) is 15.2. The fourth-order valence-corrected chi connectivity index (χ4v) is 5.14. The summed E-state index contributed by atoms with van der Waals surface area (Å²) in [4.78, 5) is 25.6. The minimum absolute atomic E-state index is 0.00589. The van der Waals surface area contributed by atoms with Crippen LogP contribution in [0.3, 0.4) is 0 Å². The second-order valence-electron chi connectivity index (χ2n) is 11.0. The summed E-state index contributed by atoms with van der Waals surface area (Å²) < 4.78 is 12.9. The van der Waals surface area contributed by atoms with E-state index in [9.17, 15) is 14.7 Å². The maximum absolute atomic E-state index is 12.4. The smallest absolute Gasteiger partial charge is 0.224 e. The van der Waals surface area contributed by atoms with Crippen molar-refractivity contribution in [2.75, 3.05) is 25.5 Å². The summed E-state index contributed by atoms with van der Waals surface area (Å²) in [7, 11) is 2.10. The van der Waals surface area contributed by atoms with Crippen LogP contribution in [-0.2, 0) is 32.2 Å². The zero-order valence-electron chi connectivity index (χ0n) is 24.6. The molecule has 1 aliphatic heterocycles. The number of likely N-dealkylation sites (N-methyl/N-ethyl adjacent to an activating group) is 1. The van der Waals surface area contributed by atoms with Crippen molar-refractivity contribution in [2.24, 2.45) is 0 Å². The van der Waals surface area contributed by atoms with Crippen molar-refractivity contribution in [3.05, 3.63) is 101 Å². The number of hydrogen-bond acceptors (Lipinski definition) is 6. The van der Waals surface area contributed by atoms with Gasteiger partial charge in [-0.15, -0.1) is 0 Å². The number of aliphatic hydroxyl groups excluding tert-OH is 1. The van der Waals surface area contributed by atoms with Gasteiger partial charge < -0.3 is 25.2 Å². The predicted molar refractivity (Wildman–Crippen MR) is 163 cm³/mol. The van der Waals surface area contributed by atoms with Gasteiger partial charge in [0.15, 0.2) is 6.29 Å². The number of unbranched alkanes of at least 4 members (excludes halogenated alkanes) is 2. The molecule has 4 rings (SSSR count). The molecule has 1 heterocycles. The van der Waals surface area contributed by atoms with Gasteiger partial charge in [-0.2, -0.15) is 0 Å². The van der Waals surface area contributed by atoms with Crippen molar-refractivity contribution >= 4 is 17.5 Å². The average molecular weight is 574 g/mol. The maximum Gasteiger partial charge on any atom is 0.224 e. The van der Waals surface area contributed by atoms with Crippen molar-refractivity contribution in [3.8, 4) is 0 Å². The molecule has 8 heteroatoms. The van der Waals surface area contributed by atoms with Crippen LogP contribution in [0.4, 0.5) is 5.69 Å². The molecule has 8 nitrogen and oxygen atoms in total. The first-order valence-electron chi connectivity index (χ1n) is 14.8. The van der Waals surface area contributed by atoms with Crippen LogP contribution in [0.25, 0.3) is 0 Å². The summed E-state index contributed by atoms with van der Waals surface area (Å²) in [6.07, 6.45) is 2.91. The summed E-state index contributed by atoms with van der Waals surface area (Å²) >= 11 is 0. The molecule has 3 aromatic carbocycles. The minimum Gasteiger partial charge on any atom is -0.392 e. The number of ether oxygens (including phenoxy) is 2. The summed E-state index contributed by atoms with van der Waals surface area (Å²) in [5.41, 5.74) is 4.79. The Kier molecular flexibility index (Phi) is 12.1. The Labute approximate surface area is 249 Å². The molecular weight excluding hydrogens is 530 g/mol. The first-order chi connectivity index (χ1) is 20.4. The second-order valence-corrected chi connectivity index (χ2v) is 11.0. The topological polar surface area (TPSA) is 100 Å². The highest BCUT2D eigenvalue weighted by molar-refractivity contribution is 5.90. The highest BCUT2D eigenvalue weighted by Gasteiger charge is 2.32. The lowest BCUT2D eigenvalue weighted by molar-refractivity contribution is -0.252. The summed E-state index contributed by atoms with van der Waals surface area (Å²) in [6, 6.07) is 25.9. The highest BCUT2D eigenvalue weighted by Crippen LogP contribution is 2.38. The monoisotopic (exact) mass is 573 g/mol. The van der Waals surface area contributed by atoms with Crippen molar-refractivity contribution in [1.82, 2.24) is 10.2 Å². The van der Waals surface area contributed by atoms with Crippen molar-refractivity contribution in [2.45, 2.75) is 70.7 Å². The Morgan fingerprint density at radius 3 is 2.29 bits per heavy atom. The van der Waals surface area contributed by atoms with E-state index < -0.39 is 6.29 Å². The SMILES string of the molecule is CC(=O)NCCCCCC(=O)Nc1ccc([C@@H]2O[C@H](CN(C)Cc3ccccc3)C[C@H](c3ccc(CO)cc3)O2)cc1. The predicted octanol–water partition coefficient (Wildman–Crippen LogP) is 5.49. The molecule has 2 amide bonds. The van der Waals surface area contributed by atoms with E-state index in [1.165, 1.54) is 12.5 Å². The lowest BCUT2D eigenvalue weighted by atomic mass is 9.99. The fraction of sp³-hybridized carbons (Fsp3) is 0.412. The molecule has 0 bridgehead atoms. The van der Waals surface area contributed by atoms with Gasteiger partial charge in [0, 0.05) is 50.7 Å². The number of hydrogen-bond donors (Lipinski definition) is 3. The normalized spacial score (nSPS) is 18.5. The molecule has 0 aliphatic carbocycles. The third kappa shape index (κ3) is 10.1. The van der Waals surface area contributed by atoms with Crippen molar-refractivity contribution < 1.29 is 24.2 Å². The van der Waals surface area contributed by atoms with Crippen LogP contribution < -0.4 is 10.6 Å². The van der Waals surface area contributed by atoms with Crippen LogP contribution in [0.15, 0.2) is 78.9 Å². The molecule has 0 radical (unpaired) electrons. The van der Waals surface area contributed by atoms with Crippen LogP contribution in [0.2, 0.25) is 0 Å². The zero-order valence-corrected chi connectivity index (χ0v) is 24.6. The highest BCUT2D eigenvalue weighted by atomic mass is 16.7. The van der Waals surface area contributed by atoms with Gasteiger partial charge in [0.25, 0.3) is 0 Å². The van der Waals surface area contributed by atoms with E-state index in [-0.39, 0.29) is 30.6 Å². The third-order valence-electron chi connectivity index (χ3n) is 7.35. The largest absolute Gasteiger partial charge is 0.392 e. The van der Waals surface area contributed by atoms with E-state index in [0.717, 1.165) is 54.7 Å². The standard InChI is InChI=1S/C34H43N3O5/c1-25(39)35-20-8-4-7-11-33(40)36-30-18-16-29(17-19-30)34-41-31(23-37(2)22-26-9-5-3-6-10-26)21-32(42-34)28-14-12-27(24-38)13-15-28/h3,5-6,9-10,12-19,31-32,34,38H,4,7-8,11,20-24H2,1-2H3,(H,35,39)(H,36,40)/t31-,32+,34+/m0/s1. The Hall–Kier alpha value is -3.56. The van der Waals surface area contributed by atoms with Gasteiger partial charge in [-0.05, 0) is 48.7 Å². The summed E-state index contributed by atoms with van der Waals surface area (Å²) in [6.45, 7) is 3.73. The van der Waals surface area contributed by atoms with Gasteiger partial charge in [0.2, 0.25) is 11.8 Å². The molecule has 1 aliphatic rings. The quantitative estimate of drug-likeness (QED) is 0.221. The van der Waals surface area contributed by atoms with Gasteiger partial charge in [-0.3, -0.25) is 14.5 Å². The molecule has 0 spiro atoms. The minimum atomic E-state index is -0.551. The number of aliphatic hydroxyl groups is 1. The molecule has 3 N–H and O–H groups in total. The van der Waals surface area contributed by atoms with E-state index >= 15 is 0 Å². The molecule has 42 heavy (non-hydrogen) atoms. The maximum atomic E-state index is 12.4. The molecule has 224 valence electrons. The Balaban J connectivity index is 1.36. The molecule has 3 atom stereocenters. The number of anilines is 1. The zero-order chi connectivity index (χ0) is 29.7. The van der Waals surface area contributed by atoms with E-state index in [1.807, 2.05) is 54.6 Å². The molecule has 0 aromatic heterocycles. The van der Waals surface area contributed by atoms with E-state index in [1.54, 1.807) is 0 Å². The first-order valence-corrected chi connectivity index (χ1v) is 14.8. The Morgan fingerprint density at radius 1 is 0.881 bits per heavy atom. The molecule has 0 unspecified atom stereocenters. The second kappa shape index (κ2) is 16.2. The van der Waals surface area contributed by atoms with Crippen molar-refractivity contribution in [3.63, 3.8) is 0 Å². The Morgan fingerprint density at radius 2 is 1.60 bits per heavy atom. The van der Waals surface area contributed by atoms with Gasteiger partial charge in [-0.25, -0.2) is 0 Å². The van der Waals surface area contributed by atoms with Crippen LogP contribution in [-0.4, -0.2) is 48.1 Å². The van der Waals surface area contributed by atoms with Crippen LogP contribution >= 0.6 is 0 Å². The first kappa shape index (κ1) is 31.4. The Bertz CT molecular complexity index is 1250. The van der Waals surface area contributed by atoms with Gasteiger partial charge in [0.1, 0.15) is 0 Å².